The molecule has 1 N–H and O–H groups in total. The number of nitrogens with one attached hydrogen (secondary N) is 1. The van der Waals surface area contributed by atoms with Gasteiger partial charge in [-0.15, -0.1) is 0 Å². The van der Waals surface area contributed by atoms with E-state index in [0.29, 0.717) is 17.8 Å². The van der Waals surface area contributed by atoms with Crippen LogP contribution in [-0.4, -0.2) is 69.4 Å². The molecule has 0 unspecified atom stereocenters. The van der Waals surface area contributed by atoms with Gasteiger partial charge in [-0.25, -0.2) is 9.50 Å². The van der Waals surface area contributed by atoms with Gasteiger partial charge in [-0.3, -0.25) is 14.5 Å². The third kappa shape index (κ3) is 4.12. The molecule has 2 saturated heterocycles. The van der Waals surface area contributed by atoms with Crippen LogP contribution in [-0.2, 0) is 4.79 Å². The summed E-state index contributed by atoms with van der Waals surface area (Å²) in [6.07, 6.45) is 11.2. The molecule has 2 fully saturated rings. The highest BCUT2D eigenvalue weighted by Crippen LogP contribution is 2.31. The molecule has 8 heteroatoms. The van der Waals surface area contributed by atoms with Crippen LogP contribution in [0.4, 0.5) is 0 Å². The minimum atomic E-state index is -0.206. The highest BCUT2D eigenvalue weighted by Gasteiger charge is 2.31. The Labute approximate surface area is 171 Å². The molecule has 0 saturated carbocycles. The fraction of sp³-hybridized carbons (Fsp3) is 0.619. The number of hydrogen-bond donors (Lipinski definition) is 1. The summed E-state index contributed by atoms with van der Waals surface area (Å²) in [5.74, 6) is -0.0115. The van der Waals surface area contributed by atoms with E-state index in [2.05, 4.69) is 20.3 Å². The predicted molar refractivity (Wildman–Crippen MR) is 110 cm³/mol. The molecule has 2 amide bonds. The van der Waals surface area contributed by atoms with Crippen LogP contribution >= 0.6 is 0 Å². The van der Waals surface area contributed by atoms with Crippen molar-refractivity contribution in [2.45, 2.75) is 51.0 Å². The zero-order valence-electron chi connectivity index (χ0n) is 17.1. The van der Waals surface area contributed by atoms with E-state index < -0.39 is 0 Å². The normalized spacial score (nSPS) is 21.1. The fourth-order valence-corrected chi connectivity index (χ4v) is 4.57. The molecule has 0 aromatic carbocycles. The van der Waals surface area contributed by atoms with E-state index in [1.807, 2.05) is 11.0 Å². The second-order valence-electron chi connectivity index (χ2n) is 8.03. The van der Waals surface area contributed by atoms with Gasteiger partial charge in [0.1, 0.15) is 5.56 Å². The topological polar surface area (TPSA) is 82.8 Å². The number of carbonyl (C=O) groups excluding carboxylic acids is 2. The van der Waals surface area contributed by atoms with Crippen LogP contribution in [0, 0.1) is 0 Å². The molecule has 0 bridgehead atoms. The lowest BCUT2D eigenvalue weighted by molar-refractivity contribution is -0.136. The van der Waals surface area contributed by atoms with Gasteiger partial charge in [0.25, 0.3) is 5.91 Å². The molecule has 1 atom stereocenters. The van der Waals surface area contributed by atoms with Crippen molar-refractivity contribution in [1.82, 2.24) is 29.7 Å². The Morgan fingerprint density at radius 2 is 1.86 bits per heavy atom. The molecule has 0 aliphatic carbocycles. The summed E-state index contributed by atoms with van der Waals surface area (Å²) in [6.45, 7) is 3.29. The van der Waals surface area contributed by atoms with Crippen LogP contribution in [0.15, 0.2) is 18.5 Å². The first-order valence-electron chi connectivity index (χ1n) is 10.8. The van der Waals surface area contributed by atoms with Crippen molar-refractivity contribution in [3.8, 4) is 0 Å². The van der Waals surface area contributed by atoms with Gasteiger partial charge >= 0.3 is 0 Å². The van der Waals surface area contributed by atoms with Crippen LogP contribution in [0.5, 0.6) is 0 Å². The lowest BCUT2D eigenvalue weighted by Gasteiger charge is -2.37. The molecule has 2 aromatic rings. The molecule has 8 nitrogen and oxygen atoms in total. The molecule has 156 valence electrons. The number of likely N-dealkylation sites (tertiary alicyclic amines) is 2. The summed E-state index contributed by atoms with van der Waals surface area (Å²) in [6, 6.07) is 1.89. The van der Waals surface area contributed by atoms with Gasteiger partial charge in [0.05, 0.1) is 24.5 Å². The zero-order valence-corrected chi connectivity index (χ0v) is 17.1. The molecule has 29 heavy (non-hydrogen) atoms. The van der Waals surface area contributed by atoms with E-state index in [0.717, 1.165) is 44.6 Å². The first-order valence-corrected chi connectivity index (χ1v) is 10.8. The van der Waals surface area contributed by atoms with Crippen LogP contribution in [0.3, 0.4) is 0 Å². The smallest absolute Gasteiger partial charge is 0.256 e. The number of rotatable bonds is 4. The predicted octanol–water partition coefficient (Wildman–Crippen LogP) is 2.02. The number of carbonyl (C=O) groups is 2. The number of fused-ring (bicyclic) bond motifs is 1. The minimum absolute atomic E-state index is 0.0360. The van der Waals surface area contributed by atoms with Crippen LogP contribution in [0.1, 0.15) is 67.0 Å². The van der Waals surface area contributed by atoms with Gasteiger partial charge < -0.3 is 10.2 Å². The van der Waals surface area contributed by atoms with Gasteiger partial charge in [0, 0.05) is 19.8 Å². The Kier molecular flexibility index (Phi) is 6.08. The second kappa shape index (κ2) is 8.90. The van der Waals surface area contributed by atoms with E-state index >= 15 is 0 Å². The Bertz CT molecular complexity index is 871. The van der Waals surface area contributed by atoms with Crippen molar-refractivity contribution < 1.29 is 9.59 Å². The zero-order chi connectivity index (χ0) is 20.2. The Morgan fingerprint density at radius 3 is 2.62 bits per heavy atom. The van der Waals surface area contributed by atoms with Crippen molar-refractivity contribution in [2.75, 3.05) is 33.2 Å². The van der Waals surface area contributed by atoms with Gasteiger partial charge in [-0.2, -0.15) is 5.10 Å². The van der Waals surface area contributed by atoms with Crippen LogP contribution in [0.2, 0.25) is 0 Å². The summed E-state index contributed by atoms with van der Waals surface area (Å²) in [5, 5.41) is 7.06. The number of piperidine rings is 1. The molecule has 0 radical (unpaired) electrons. The lowest BCUT2D eigenvalue weighted by atomic mass is 9.98. The average Bonchev–Trinajstić information content (AvgIpc) is 3.03. The molecule has 2 aliphatic rings. The van der Waals surface area contributed by atoms with Crippen molar-refractivity contribution >= 4 is 17.5 Å². The Balaban J connectivity index is 1.59. The van der Waals surface area contributed by atoms with Crippen molar-refractivity contribution in [3.63, 3.8) is 0 Å². The highest BCUT2D eigenvalue weighted by molar-refractivity contribution is 5.99. The summed E-state index contributed by atoms with van der Waals surface area (Å²) < 4.78 is 1.73. The maximum atomic E-state index is 13.2. The standard InChI is InChI=1S/C21H30N6O2/c1-22-21(29)16-14-24-27-18(9-10-23-20(16)27)17-8-4-7-13-26(17)19(28)15-25-11-5-2-3-6-12-25/h9-10,14,17H,2-8,11-13,15H2,1H3,(H,22,29)/t17-/m1/s1. The maximum Gasteiger partial charge on any atom is 0.256 e. The van der Waals surface area contributed by atoms with E-state index in [1.54, 1.807) is 24.0 Å². The van der Waals surface area contributed by atoms with Crippen molar-refractivity contribution in [3.05, 3.63) is 29.7 Å². The third-order valence-electron chi connectivity index (χ3n) is 6.12. The molecule has 4 heterocycles. The molecule has 2 aliphatic heterocycles. The number of nitrogens with zero attached hydrogens (tertiary/aromatic N) is 5. The van der Waals surface area contributed by atoms with Crippen molar-refractivity contribution in [2.24, 2.45) is 0 Å². The quantitative estimate of drug-likeness (QED) is 0.852. The fourth-order valence-electron chi connectivity index (χ4n) is 4.57. The van der Waals surface area contributed by atoms with Crippen LogP contribution < -0.4 is 5.32 Å². The van der Waals surface area contributed by atoms with Gasteiger partial charge in [-0.05, 0) is 51.3 Å². The van der Waals surface area contributed by atoms with E-state index in [9.17, 15) is 9.59 Å². The summed E-state index contributed by atoms with van der Waals surface area (Å²) >= 11 is 0. The van der Waals surface area contributed by atoms with Gasteiger partial charge in [0.15, 0.2) is 5.65 Å². The maximum absolute atomic E-state index is 13.2. The highest BCUT2D eigenvalue weighted by atomic mass is 16.2. The molecule has 0 spiro atoms. The number of hydrogen-bond acceptors (Lipinski definition) is 5. The monoisotopic (exact) mass is 398 g/mol. The Hall–Kier alpha value is -2.48. The molecular formula is C21H30N6O2. The second-order valence-corrected chi connectivity index (χ2v) is 8.03. The first-order chi connectivity index (χ1) is 14.2. The number of aromatic nitrogens is 3. The lowest BCUT2D eigenvalue weighted by Crippen LogP contribution is -2.45. The third-order valence-corrected chi connectivity index (χ3v) is 6.12. The largest absolute Gasteiger partial charge is 0.355 e. The van der Waals surface area contributed by atoms with Crippen LogP contribution in [0.25, 0.3) is 5.65 Å². The molecular weight excluding hydrogens is 368 g/mol. The first kappa shape index (κ1) is 19.8. The Morgan fingerprint density at radius 1 is 1.10 bits per heavy atom. The van der Waals surface area contributed by atoms with Crippen molar-refractivity contribution in [1.29, 1.82) is 0 Å². The van der Waals surface area contributed by atoms with E-state index in [-0.39, 0.29) is 17.9 Å². The number of amides is 2. The SMILES string of the molecule is CNC(=O)c1cnn2c([C@H]3CCCCN3C(=O)CN3CCCCCC3)ccnc12. The minimum Gasteiger partial charge on any atom is -0.355 e. The molecule has 2 aromatic heterocycles. The molecule has 4 rings (SSSR count). The average molecular weight is 399 g/mol. The summed E-state index contributed by atoms with van der Waals surface area (Å²) in [7, 11) is 1.60. The van der Waals surface area contributed by atoms with Gasteiger partial charge in [0.2, 0.25) is 5.91 Å². The van der Waals surface area contributed by atoms with E-state index in [4.69, 9.17) is 0 Å². The summed E-state index contributed by atoms with van der Waals surface area (Å²) in [4.78, 5) is 34.0. The van der Waals surface area contributed by atoms with E-state index in [1.165, 1.54) is 25.7 Å². The summed E-state index contributed by atoms with van der Waals surface area (Å²) in [5.41, 5.74) is 1.91. The van der Waals surface area contributed by atoms with Gasteiger partial charge in [-0.1, -0.05) is 12.8 Å².